The van der Waals surface area contributed by atoms with Crippen molar-refractivity contribution in [3.63, 3.8) is 0 Å². The average molecular weight is 1060 g/mol. The van der Waals surface area contributed by atoms with Gasteiger partial charge in [-0.1, -0.05) is 131 Å². The van der Waals surface area contributed by atoms with Crippen LogP contribution in [-0.4, -0.2) is 91.5 Å². The maximum atomic E-state index is 12.9. The van der Waals surface area contributed by atoms with Gasteiger partial charge >= 0.3 is 33.3 Å². The minimum atomic E-state index is -5.49. The molecule has 0 spiro atoms. The second-order valence-electron chi connectivity index (χ2n) is 17.0. The Hall–Kier alpha value is -4.65. The third-order valence-corrected chi connectivity index (χ3v) is 13.2. The van der Waals surface area contributed by atoms with E-state index in [4.69, 9.17) is 29.0 Å². The third kappa shape index (κ3) is 31.6. The molecule has 408 valence electrons. The van der Waals surface area contributed by atoms with Gasteiger partial charge in [-0.15, -0.1) is 0 Å². The van der Waals surface area contributed by atoms with Crippen LogP contribution >= 0.6 is 15.6 Å². The van der Waals surface area contributed by atoms with E-state index in [9.17, 15) is 48.3 Å². The highest BCUT2D eigenvalue weighted by molar-refractivity contribution is 7.61. The lowest BCUT2D eigenvalue weighted by molar-refractivity contribution is -0.161. The minimum Gasteiger partial charge on any atom is -0.462 e. The van der Waals surface area contributed by atoms with Crippen LogP contribution in [0.25, 0.3) is 0 Å². The van der Waals surface area contributed by atoms with Crippen LogP contribution in [0.3, 0.4) is 0 Å². The van der Waals surface area contributed by atoms with Crippen molar-refractivity contribution in [3.8, 4) is 0 Å². The van der Waals surface area contributed by atoms with Gasteiger partial charge in [0.15, 0.2) is 18.1 Å². The lowest BCUT2D eigenvalue weighted by Gasteiger charge is -2.21. The molecule has 1 aromatic heterocycles. The summed E-state index contributed by atoms with van der Waals surface area (Å²) in [5, 5.41) is 20.9. The molecule has 19 nitrogen and oxygen atoms in total. The number of allylic oxidation sites excluding steroid dienone is 16. The van der Waals surface area contributed by atoms with Crippen molar-refractivity contribution in [1.82, 2.24) is 9.55 Å². The number of phosphoric acid groups is 2. The normalized spacial score (nSPS) is 19.7. The van der Waals surface area contributed by atoms with Gasteiger partial charge in [-0.2, -0.15) is 9.29 Å². The molecule has 2 unspecified atom stereocenters. The van der Waals surface area contributed by atoms with Crippen molar-refractivity contribution in [2.24, 2.45) is 0 Å². The van der Waals surface area contributed by atoms with Crippen molar-refractivity contribution in [2.75, 3.05) is 25.6 Å². The Bertz CT molecular complexity index is 2170. The Balaban J connectivity index is 1.87. The lowest BCUT2D eigenvalue weighted by Crippen LogP contribution is -2.36. The second kappa shape index (κ2) is 38.9. The van der Waals surface area contributed by atoms with Gasteiger partial charge in [-0.05, 0) is 89.2 Å². The first-order valence-electron chi connectivity index (χ1n) is 25.2. The van der Waals surface area contributed by atoms with E-state index < -0.39 is 83.7 Å². The third-order valence-electron chi connectivity index (χ3n) is 10.6. The maximum Gasteiger partial charge on any atom is 0.481 e. The highest BCUT2D eigenvalue weighted by atomic mass is 31.3. The van der Waals surface area contributed by atoms with Crippen molar-refractivity contribution in [3.05, 3.63) is 120 Å². The molecule has 0 amide bonds. The van der Waals surface area contributed by atoms with E-state index in [1.807, 2.05) is 12.2 Å². The van der Waals surface area contributed by atoms with E-state index in [2.05, 4.69) is 90.0 Å². The summed E-state index contributed by atoms with van der Waals surface area (Å²) >= 11 is 0. The number of hydrogen-bond acceptors (Lipinski definition) is 16. The van der Waals surface area contributed by atoms with Crippen LogP contribution in [0.5, 0.6) is 0 Å². The number of hydrogen-bond donors (Lipinski definition) is 5. The molecular formula is C52H79N3O16P2. The van der Waals surface area contributed by atoms with Crippen LogP contribution in [0.2, 0.25) is 0 Å². The first-order chi connectivity index (χ1) is 35.1. The molecule has 0 radical (unpaired) electrons. The summed E-state index contributed by atoms with van der Waals surface area (Å²) in [6, 6.07) is 1.23. The maximum absolute atomic E-state index is 12.9. The number of carbonyl (C=O) groups is 3. The van der Waals surface area contributed by atoms with Gasteiger partial charge in [0, 0.05) is 25.5 Å². The van der Waals surface area contributed by atoms with Gasteiger partial charge < -0.3 is 39.9 Å². The first kappa shape index (κ1) is 64.5. The molecule has 0 aliphatic carbocycles. The molecule has 0 saturated carbocycles. The van der Waals surface area contributed by atoms with E-state index >= 15 is 0 Å². The van der Waals surface area contributed by atoms with E-state index in [0.29, 0.717) is 12.8 Å². The summed E-state index contributed by atoms with van der Waals surface area (Å²) in [5.74, 6) is -1.81. The molecule has 0 bridgehead atoms. The summed E-state index contributed by atoms with van der Waals surface area (Å²) in [6.07, 6.45) is 39.2. The standard InChI is InChI=1S/C52H79N3O16P2/c1-3-5-7-9-11-13-15-17-18-19-20-22-24-26-28-30-32-36-48(58)69-44(40-66-47(57)37-33-35-43(56)34-31-29-27-25-23-21-16-14-12-10-8-6-4-2)41-67-72(62,63)71-73(64,65)68-42-45-49(59)50(60)51(70-45)55-39-38-46(53)54-52(55)61/h5,7,11-14,17-18,20-23,27,29,31,34,38-39,44-45,49-51,59-60H,3-4,6,8-10,15-16,19,24-26,28,30,32-33,35-37,40-42H2,1-2H3,(H,62,63)(H,64,65)(H2,53,54,61)/b7-5-,13-11-,14-12-,18-17-,22-20-,23-21-,29-27-,34-31+/t44-,45-,49-,50-,51-/m1/s1. The monoisotopic (exact) mass is 1060 g/mol. The Morgan fingerprint density at radius 3 is 1.92 bits per heavy atom. The molecule has 6 N–H and O–H groups in total. The number of nitrogens with two attached hydrogens (primary N) is 1. The number of ketones is 1. The molecule has 73 heavy (non-hydrogen) atoms. The summed E-state index contributed by atoms with van der Waals surface area (Å²) < 4.78 is 56.5. The number of aromatic nitrogens is 2. The van der Waals surface area contributed by atoms with Gasteiger partial charge in [0.25, 0.3) is 0 Å². The highest BCUT2D eigenvalue weighted by Gasteiger charge is 2.46. The number of nitrogens with zero attached hydrogens (tertiary/aromatic N) is 2. The molecule has 1 aliphatic rings. The molecule has 2 rings (SSSR count). The quantitative estimate of drug-likeness (QED) is 0.0102. The first-order valence-corrected chi connectivity index (χ1v) is 28.2. The molecule has 1 aliphatic heterocycles. The highest BCUT2D eigenvalue weighted by Crippen LogP contribution is 2.60. The Labute approximate surface area is 430 Å². The minimum absolute atomic E-state index is 0.0339. The molecule has 1 saturated heterocycles. The Morgan fingerprint density at radius 2 is 1.29 bits per heavy atom. The second-order valence-corrected chi connectivity index (χ2v) is 20.0. The van der Waals surface area contributed by atoms with Gasteiger partial charge in [0.1, 0.15) is 30.7 Å². The van der Waals surface area contributed by atoms with Crippen LogP contribution in [0, 0.1) is 0 Å². The average Bonchev–Trinajstić information content (AvgIpc) is 3.62. The summed E-state index contributed by atoms with van der Waals surface area (Å²) in [5.41, 5.74) is 4.56. The number of esters is 2. The van der Waals surface area contributed by atoms with Crippen LogP contribution in [0.15, 0.2) is 114 Å². The topological polar surface area (TPSA) is 283 Å². The fraction of sp³-hybridized carbons (Fsp3) is 0.558. The summed E-state index contributed by atoms with van der Waals surface area (Å²) in [6.45, 7) is 1.74. The number of nitrogen functional groups attached to an aromatic ring is 1. The van der Waals surface area contributed by atoms with E-state index in [0.717, 1.165) is 75.0 Å². The number of aliphatic hydroxyl groups is 2. The molecule has 1 aromatic rings. The number of unbranched alkanes of at least 4 members (excludes halogenated alkanes) is 7. The van der Waals surface area contributed by atoms with Crippen LogP contribution in [0.1, 0.15) is 142 Å². The summed E-state index contributed by atoms with van der Waals surface area (Å²) in [4.78, 5) is 74.2. The number of phosphoric ester groups is 2. The SMILES string of the molecule is CC/C=C\C/C=C\C/C=C\C/C=C\CCCCCCC(=O)O[C@H](COC(=O)CCCC(=O)/C=C/C=C\C/C=C\C/C=C\CCCCC)COP(=O)(O)OP(=O)(O)OC[C@H]1O[C@@H](n2ccc(N)nc2=O)[C@H](O)[C@@H]1O. The molecule has 7 atom stereocenters. The van der Waals surface area contributed by atoms with Gasteiger partial charge in [-0.3, -0.25) is 28.0 Å². The van der Waals surface area contributed by atoms with Crippen LogP contribution in [-0.2, 0) is 51.1 Å². The molecule has 0 aromatic carbocycles. The Kier molecular flexibility index (Phi) is 34.3. The molecule has 21 heteroatoms. The van der Waals surface area contributed by atoms with Crippen molar-refractivity contribution < 1.29 is 71.1 Å². The molecular weight excluding hydrogens is 985 g/mol. The van der Waals surface area contributed by atoms with Gasteiger partial charge in [0.2, 0.25) is 0 Å². The fourth-order valence-corrected chi connectivity index (χ4v) is 8.84. The number of carbonyl (C=O) groups excluding carboxylic acids is 3. The lowest BCUT2D eigenvalue weighted by atomic mass is 10.1. The number of rotatable bonds is 40. The van der Waals surface area contributed by atoms with E-state index in [1.54, 1.807) is 12.2 Å². The molecule has 1 fully saturated rings. The smallest absolute Gasteiger partial charge is 0.462 e. The van der Waals surface area contributed by atoms with E-state index in [1.165, 1.54) is 31.4 Å². The van der Waals surface area contributed by atoms with Crippen LogP contribution in [0.4, 0.5) is 5.82 Å². The predicted octanol–water partition coefficient (Wildman–Crippen LogP) is 9.62. The zero-order valence-electron chi connectivity index (χ0n) is 42.4. The zero-order chi connectivity index (χ0) is 53.6. The summed E-state index contributed by atoms with van der Waals surface area (Å²) in [7, 11) is -11.0. The fourth-order valence-electron chi connectivity index (χ4n) is 6.73. The van der Waals surface area contributed by atoms with Crippen LogP contribution < -0.4 is 11.4 Å². The van der Waals surface area contributed by atoms with Gasteiger partial charge in [-0.25, -0.2) is 13.9 Å². The van der Waals surface area contributed by atoms with Crippen molar-refractivity contribution >= 4 is 39.2 Å². The Morgan fingerprint density at radius 1 is 0.712 bits per heavy atom. The van der Waals surface area contributed by atoms with E-state index in [-0.39, 0.29) is 37.3 Å². The number of ether oxygens (including phenoxy) is 3. The number of aliphatic hydroxyl groups excluding tert-OH is 2. The largest absolute Gasteiger partial charge is 0.481 e. The van der Waals surface area contributed by atoms with Crippen molar-refractivity contribution in [1.29, 1.82) is 0 Å². The zero-order valence-corrected chi connectivity index (χ0v) is 44.2. The van der Waals surface area contributed by atoms with Gasteiger partial charge in [0.05, 0.1) is 13.2 Å². The molecule has 2 heterocycles. The number of anilines is 1. The van der Waals surface area contributed by atoms with Crippen molar-refractivity contribution in [2.45, 2.75) is 166 Å². The predicted molar refractivity (Wildman–Crippen MR) is 280 cm³/mol.